The van der Waals surface area contributed by atoms with Crippen molar-refractivity contribution in [2.24, 2.45) is 0 Å². The fourth-order valence-electron chi connectivity index (χ4n) is 3.81. The van der Waals surface area contributed by atoms with Gasteiger partial charge in [-0.2, -0.15) is 0 Å². The lowest BCUT2D eigenvalue weighted by molar-refractivity contribution is 1.75. The number of hydrogen-bond acceptors (Lipinski definition) is 2. The Morgan fingerprint density at radius 1 is 0.500 bits per heavy atom. The number of anilines is 2. The van der Waals surface area contributed by atoms with E-state index in [1.54, 1.807) is 0 Å². The molecular formula is C20H14N2. The molecule has 0 unspecified atom stereocenters. The number of nitrogens with two attached hydrogens (primary N) is 2. The van der Waals surface area contributed by atoms with Crippen LogP contribution in [-0.2, 0) is 0 Å². The highest BCUT2D eigenvalue weighted by Crippen LogP contribution is 2.43. The molecule has 104 valence electrons. The Morgan fingerprint density at radius 3 is 1.86 bits per heavy atom. The van der Waals surface area contributed by atoms with Crippen molar-refractivity contribution in [3.63, 3.8) is 0 Å². The van der Waals surface area contributed by atoms with Gasteiger partial charge in [-0.25, -0.2) is 0 Å². The molecule has 0 bridgehead atoms. The lowest BCUT2D eigenvalue weighted by Gasteiger charge is -2.16. The van der Waals surface area contributed by atoms with Crippen molar-refractivity contribution >= 4 is 54.5 Å². The van der Waals surface area contributed by atoms with Gasteiger partial charge in [0.25, 0.3) is 0 Å². The Balaban J connectivity index is 2.31. The quantitative estimate of drug-likeness (QED) is 0.241. The largest absolute Gasteiger partial charge is 0.398 e. The fourth-order valence-corrected chi connectivity index (χ4v) is 3.81. The highest BCUT2D eigenvalue weighted by Gasteiger charge is 2.15. The minimum absolute atomic E-state index is 0.740. The van der Waals surface area contributed by atoms with Gasteiger partial charge in [0.2, 0.25) is 0 Å². The second kappa shape index (κ2) is 3.80. The van der Waals surface area contributed by atoms with Gasteiger partial charge >= 0.3 is 0 Å². The van der Waals surface area contributed by atoms with Gasteiger partial charge in [0, 0.05) is 27.5 Å². The summed E-state index contributed by atoms with van der Waals surface area (Å²) in [5, 5.41) is 9.57. The number of benzene rings is 5. The predicted octanol–water partition coefficient (Wildman–Crippen LogP) is 4.90. The fraction of sp³-hybridized carbons (Fsp3) is 0. The maximum Gasteiger partial charge on any atom is 0.0421 e. The van der Waals surface area contributed by atoms with E-state index in [2.05, 4.69) is 54.6 Å². The highest BCUT2D eigenvalue weighted by atomic mass is 14.6. The van der Waals surface area contributed by atoms with Crippen LogP contribution in [0.2, 0.25) is 0 Å². The van der Waals surface area contributed by atoms with Crippen LogP contribution in [0.5, 0.6) is 0 Å². The Morgan fingerprint density at radius 2 is 1.09 bits per heavy atom. The minimum atomic E-state index is 0.740. The second-order valence-electron chi connectivity index (χ2n) is 5.87. The molecule has 0 spiro atoms. The predicted molar refractivity (Wildman–Crippen MR) is 96.5 cm³/mol. The van der Waals surface area contributed by atoms with Crippen LogP contribution < -0.4 is 11.5 Å². The molecule has 0 saturated heterocycles. The Labute approximate surface area is 127 Å². The SMILES string of the molecule is Nc1cc(N)c2c3cccc4cccc(c5cccc1c52)c43. The summed E-state index contributed by atoms with van der Waals surface area (Å²) in [6.07, 6.45) is 0. The molecule has 5 rings (SSSR count). The van der Waals surface area contributed by atoms with Crippen LogP contribution in [-0.4, -0.2) is 0 Å². The summed E-state index contributed by atoms with van der Waals surface area (Å²) in [7, 11) is 0. The van der Waals surface area contributed by atoms with E-state index in [1.807, 2.05) is 6.07 Å². The van der Waals surface area contributed by atoms with Crippen LogP contribution in [0, 0.1) is 0 Å². The lowest BCUT2D eigenvalue weighted by Crippen LogP contribution is -1.96. The standard InChI is InChI=1S/C20H14N2/c21-16-10-17(22)20-15-9-2-5-11-4-1-6-12(18(11)15)13-7-3-8-14(16)19(13)20/h1-10H,21-22H2. The van der Waals surface area contributed by atoms with Gasteiger partial charge in [0.1, 0.15) is 0 Å². The van der Waals surface area contributed by atoms with E-state index < -0.39 is 0 Å². The third-order valence-corrected chi connectivity index (χ3v) is 4.69. The van der Waals surface area contributed by atoms with Gasteiger partial charge < -0.3 is 11.5 Å². The first-order chi connectivity index (χ1) is 10.8. The van der Waals surface area contributed by atoms with Crippen molar-refractivity contribution in [2.45, 2.75) is 0 Å². The highest BCUT2D eigenvalue weighted by molar-refractivity contribution is 6.36. The monoisotopic (exact) mass is 282 g/mol. The summed E-state index contributed by atoms with van der Waals surface area (Å²) in [6.45, 7) is 0. The van der Waals surface area contributed by atoms with Crippen molar-refractivity contribution < 1.29 is 0 Å². The molecular weight excluding hydrogens is 268 g/mol. The first-order valence-corrected chi connectivity index (χ1v) is 7.39. The zero-order valence-electron chi connectivity index (χ0n) is 11.9. The molecule has 0 heterocycles. The molecule has 0 aliphatic carbocycles. The summed E-state index contributed by atoms with van der Waals surface area (Å²) in [6, 6.07) is 21.0. The molecule has 5 aromatic carbocycles. The Bertz CT molecular complexity index is 1180. The van der Waals surface area contributed by atoms with E-state index in [9.17, 15) is 0 Å². The second-order valence-corrected chi connectivity index (χ2v) is 5.87. The van der Waals surface area contributed by atoms with Gasteiger partial charge in [-0.15, -0.1) is 0 Å². The maximum atomic E-state index is 6.35. The maximum absolute atomic E-state index is 6.35. The van der Waals surface area contributed by atoms with Gasteiger partial charge in [0.05, 0.1) is 0 Å². The number of nitrogen functional groups attached to an aromatic ring is 2. The smallest absolute Gasteiger partial charge is 0.0421 e. The lowest BCUT2D eigenvalue weighted by atomic mass is 9.88. The average Bonchev–Trinajstić information content (AvgIpc) is 2.54. The van der Waals surface area contributed by atoms with Gasteiger partial charge in [-0.1, -0.05) is 54.6 Å². The van der Waals surface area contributed by atoms with E-state index in [0.717, 1.165) is 22.1 Å². The van der Waals surface area contributed by atoms with Crippen molar-refractivity contribution in [3.05, 3.63) is 60.7 Å². The zero-order chi connectivity index (χ0) is 14.8. The summed E-state index contributed by atoms with van der Waals surface area (Å²) < 4.78 is 0. The van der Waals surface area contributed by atoms with Gasteiger partial charge in [-0.3, -0.25) is 0 Å². The summed E-state index contributed by atoms with van der Waals surface area (Å²) in [4.78, 5) is 0. The van der Waals surface area contributed by atoms with E-state index in [0.29, 0.717) is 0 Å². The van der Waals surface area contributed by atoms with Crippen molar-refractivity contribution in [3.8, 4) is 0 Å². The molecule has 0 fully saturated rings. The third kappa shape index (κ3) is 1.25. The van der Waals surface area contributed by atoms with Gasteiger partial charge in [-0.05, 0) is 33.0 Å². The molecule has 0 atom stereocenters. The Hall–Kier alpha value is -3.00. The van der Waals surface area contributed by atoms with Crippen LogP contribution in [0.3, 0.4) is 0 Å². The summed E-state index contributed by atoms with van der Waals surface area (Å²) in [5.41, 5.74) is 14.1. The van der Waals surface area contributed by atoms with Gasteiger partial charge in [0.15, 0.2) is 0 Å². The molecule has 0 radical (unpaired) electrons. The van der Waals surface area contributed by atoms with Crippen molar-refractivity contribution in [2.75, 3.05) is 11.5 Å². The van der Waals surface area contributed by atoms with E-state index in [-0.39, 0.29) is 0 Å². The number of fused-ring (bicyclic) bond motifs is 2. The first-order valence-electron chi connectivity index (χ1n) is 7.39. The molecule has 0 aromatic heterocycles. The normalized spacial score (nSPS) is 12.0. The molecule has 0 aliphatic rings. The van der Waals surface area contributed by atoms with Crippen LogP contribution in [0.4, 0.5) is 11.4 Å². The molecule has 0 amide bonds. The third-order valence-electron chi connectivity index (χ3n) is 4.69. The summed E-state index contributed by atoms with van der Waals surface area (Å²) >= 11 is 0. The van der Waals surface area contributed by atoms with Crippen LogP contribution in [0.25, 0.3) is 43.1 Å². The summed E-state index contributed by atoms with van der Waals surface area (Å²) in [5.74, 6) is 0. The molecule has 4 N–H and O–H groups in total. The van der Waals surface area contributed by atoms with Crippen LogP contribution in [0.15, 0.2) is 60.7 Å². The molecule has 0 saturated carbocycles. The molecule has 2 heteroatoms. The molecule has 22 heavy (non-hydrogen) atoms. The van der Waals surface area contributed by atoms with E-state index in [1.165, 1.54) is 32.3 Å². The first kappa shape index (κ1) is 11.6. The minimum Gasteiger partial charge on any atom is -0.398 e. The van der Waals surface area contributed by atoms with Crippen LogP contribution in [0.1, 0.15) is 0 Å². The number of rotatable bonds is 0. The van der Waals surface area contributed by atoms with Crippen LogP contribution >= 0.6 is 0 Å². The average molecular weight is 282 g/mol. The number of hydrogen-bond donors (Lipinski definition) is 2. The van der Waals surface area contributed by atoms with E-state index in [4.69, 9.17) is 11.5 Å². The van der Waals surface area contributed by atoms with Crippen molar-refractivity contribution in [1.82, 2.24) is 0 Å². The van der Waals surface area contributed by atoms with E-state index >= 15 is 0 Å². The zero-order valence-corrected chi connectivity index (χ0v) is 11.9. The Kier molecular flexibility index (Phi) is 2.01. The topological polar surface area (TPSA) is 52.0 Å². The molecule has 0 aliphatic heterocycles. The molecule has 5 aromatic rings. The molecule has 2 nitrogen and oxygen atoms in total. The van der Waals surface area contributed by atoms with Crippen molar-refractivity contribution in [1.29, 1.82) is 0 Å².